The number of nitrogens with zero attached hydrogens (tertiary/aromatic N) is 2. The van der Waals surface area contributed by atoms with Crippen molar-refractivity contribution in [3.63, 3.8) is 0 Å². The van der Waals surface area contributed by atoms with E-state index >= 15 is 0 Å². The van der Waals surface area contributed by atoms with Gasteiger partial charge in [0.1, 0.15) is 11.7 Å². The van der Waals surface area contributed by atoms with E-state index in [1.807, 2.05) is 0 Å². The van der Waals surface area contributed by atoms with Crippen LogP contribution in [0.3, 0.4) is 0 Å². The lowest BCUT2D eigenvalue weighted by Gasteiger charge is -2.01. The minimum Gasteiger partial charge on any atom is -0.412 e. The molecular weight excluding hydrogens is 349 g/mol. The first-order valence-corrected chi connectivity index (χ1v) is 8.72. The Morgan fingerprint density at radius 3 is 2.74 bits per heavy atom. The first-order chi connectivity index (χ1) is 10.9. The van der Waals surface area contributed by atoms with Gasteiger partial charge in [0.2, 0.25) is 21.6 Å². The number of carbonyl (C=O) groups is 1. The predicted octanol–water partition coefficient (Wildman–Crippen LogP) is 1.08. The molecule has 0 radical (unpaired) electrons. The highest BCUT2D eigenvalue weighted by molar-refractivity contribution is 7.90. The lowest BCUT2D eigenvalue weighted by molar-refractivity contribution is -0.118. The number of sulfone groups is 1. The van der Waals surface area contributed by atoms with Crippen LogP contribution in [0.5, 0.6) is 0 Å². The summed E-state index contributed by atoms with van der Waals surface area (Å²) in [6.45, 7) is 0.181. The third-order valence-corrected chi connectivity index (χ3v) is 4.43. The van der Waals surface area contributed by atoms with Crippen molar-refractivity contribution in [1.29, 1.82) is 0 Å². The zero-order valence-electron chi connectivity index (χ0n) is 11.8. The molecule has 2 rings (SSSR count). The maximum absolute atomic E-state index is 13.5. The van der Waals surface area contributed by atoms with Gasteiger partial charge in [0.05, 0.1) is 5.75 Å². The molecule has 0 unspecified atom stereocenters. The zero-order valence-corrected chi connectivity index (χ0v) is 13.4. The highest BCUT2D eigenvalue weighted by atomic mass is 35.5. The van der Waals surface area contributed by atoms with Crippen molar-refractivity contribution in [2.45, 2.75) is 17.4 Å². The molecule has 124 valence electrons. The lowest BCUT2D eigenvalue weighted by Crippen LogP contribution is -2.26. The minimum atomic E-state index is -3.95. The van der Waals surface area contributed by atoms with Crippen LogP contribution in [0.25, 0.3) is 0 Å². The van der Waals surface area contributed by atoms with Gasteiger partial charge in [-0.05, 0) is 6.07 Å². The number of alkyl halides is 1. The van der Waals surface area contributed by atoms with Crippen molar-refractivity contribution in [3.05, 3.63) is 41.5 Å². The van der Waals surface area contributed by atoms with Gasteiger partial charge >= 0.3 is 5.22 Å². The standard InChI is InChI=1S/C13H13ClFN3O4S/c14-7-11(19)16-6-5-12-17-18-13(22-12)23(20,21)8-9-3-1-2-4-10(9)15/h1-4H,5-8H2,(H,16,19). The summed E-state index contributed by atoms with van der Waals surface area (Å²) in [5.41, 5.74) is 0.0154. The average molecular weight is 362 g/mol. The molecule has 0 saturated carbocycles. The number of carbonyl (C=O) groups excluding carboxylic acids is 1. The van der Waals surface area contributed by atoms with Crippen molar-refractivity contribution >= 4 is 27.3 Å². The van der Waals surface area contributed by atoms with E-state index in [9.17, 15) is 17.6 Å². The fraction of sp³-hybridized carbons (Fsp3) is 0.308. The second-order valence-electron chi connectivity index (χ2n) is 4.55. The minimum absolute atomic E-state index is 0.0154. The quantitative estimate of drug-likeness (QED) is 0.740. The van der Waals surface area contributed by atoms with Crippen LogP contribution in [0, 0.1) is 5.82 Å². The number of hydrogen-bond acceptors (Lipinski definition) is 6. The van der Waals surface area contributed by atoms with Crippen LogP contribution in [-0.2, 0) is 26.8 Å². The molecule has 0 aliphatic carbocycles. The Bertz CT molecular complexity index is 794. The molecule has 0 spiro atoms. The lowest BCUT2D eigenvalue weighted by atomic mass is 10.2. The molecule has 23 heavy (non-hydrogen) atoms. The van der Waals surface area contributed by atoms with Gasteiger partial charge in [-0.2, -0.15) is 0 Å². The van der Waals surface area contributed by atoms with Crippen LogP contribution in [0.15, 0.2) is 33.9 Å². The van der Waals surface area contributed by atoms with E-state index in [1.54, 1.807) is 0 Å². The molecule has 0 bridgehead atoms. The number of benzene rings is 1. The van der Waals surface area contributed by atoms with Gasteiger partial charge in [-0.25, -0.2) is 12.8 Å². The van der Waals surface area contributed by atoms with Crippen LogP contribution in [-0.4, -0.2) is 36.9 Å². The second-order valence-corrected chi connectivity index (χ2v) is 6.68. The molecule has 0 aliphatic rings. The number of hydrogen-bond donors (Lipinski definition) is 1. The summed E-state index contributed by atoms with van der Waals surface area (Å²) < 4.78 is 42.9. The van der Waals surface area contributed by atoms with E-state index in [2.05, 4.69) is 15.5 Å². The van der Waals surface area contributed by atoms with Crippen LogP contribution >= 0.6 is 11.6 Å². The summed E-state index contributed by atoms with van der Waals surface area (Å²) in [7, 11) is -3.95. The Morgan fingerprint density at radius 1 is 1.30 bits per heavy atom. The maximum Gasteiger partial charge on any atom is 0.335 e. The van der Waals surface area contributed by atoms with Gasteiger partial charge in [0.25, 0.3) is 0 Å². The Balaban J connectivity index is 2.04. The van der Waals surface area contributed by atoms with E-state index in [0.29, 0.717) is 0 Å². The number of halogens is 2. The Morgan fingerprint density at radius 2 is 2.04 bits per heavy atom. The SMILES string of the molecule is O=C(CCl)NCCc1nnc(S(=O)(=O)Cc2ccccc2F)o1. The molecule has 1 N–H and O–H groups in total. The number of aromatic nitrogens is 2. The molecule has 1 aromatic heterocycles. The zero-order chi connectivity index (χ0) is 16.9. The van der Waals surface area contributed by atoms with Gasteiger partial charge in [-0.3, -0.25) is 4.79 Å². The van der Waals surface area contributed by atoms with Crippen LogP contribution in [0.2, 0.25) is 0 Å². The van der Waals surface area contributed by atoms with E-state index in [1.165, 1.54) is 24.3 Å². The topological polar surface area (TPSA) is 102 Å². The highest BCUT2D eigenvalue weighted by Crippen LogP contribution is 2.17. The first kappa shape index (κ1) is 17.4. The number of nitrogens with one attached hydrogen (secondary N) is 1. The van der Waals surface area contributed by atoms with Crippen molar-refractivity contribution in [2.75, 3.05) is 12.4 Å². The molecular formula is C13H13ClFN3O4S. The van der Waals surface area contributed by atoms with Gasteiger partial charge < -0.3 is 9.73 Å². The van der Waals surface area contributed by atoms with Gasteiger partial charge in [0.15, 0.2) is 0 Å². The largest absolute Gasteiger partial charge is 0.412 e. The van der Waals surface area contributed by atoms with E-state index in [0.717, 1.165) is 0 Å². The van der Waals surface area contributed by atoms with Crippen molar-refractivity contribution in [1.82, 2.24) is 15.5 Å². The van der Waals surface area contributed by atoms with Gasteiger partial charge in [-0.15, -0.1) is 16.7 Å². The van der Waals surface area contributed by atoms with E-state index in [4.69, 9.17) is 16.0 Å². The van der Waals surface area contributed by atoms with Crippen LogP contribution in [0.1, 0.15) is 11.5 Å². The summed E-state index contributed by atoms with van der Waals surface area (Å²) in [5.74, 6) is -1.69. The normalized spacial score (nSPS) is 11.4. The van der Waals surface area contributed by atoms with E-state index < -0.39 is 26.6 Å². The number of rotatable bonds is 7. The average Bonchev–Trinajstić information content (AvgIpc) is 2.99. The predicted molar refractivity (Wildman–Crippen MR) is 79.0 cm³/mol. The molecule has 2 aromatic rings. The Labute approximate surface area is 136 Å². The summed E-state index contributed by atoms with van der Waals surface area (Å²) in [5, 5.41) is 8.96. The highest BCUT2D eigenvalue weighted by Gasteiger charge is 2.24. The summed E-state index contributed by atoms with van der Waals surface area (Å²) in [6.07, 6.45) is 0.158. The molecule has 0 fully saturated rings. The van der Waals surface area contributed by atoms with Gasteiger partial charge in [-0.1, -0.05) is 23.3 Å². The molecule has 1 heterocycles. The fourth-order valence-corrected chi connectivity index (χ4v) is 2.95. The monoisotopic (exact) mass is 361 g/mol. The third-order valence-electron chi connectivity index (χ3n) is 2.80. The summed E-state index contributed by atoms with van der Waals surface area (Å²) >= 11 is 5.31. The molecule has 10 heteroatoms. The van der Waals surface area contributed by atoms with Crippen LogP contribution in [0.4, 0.5) is 4.39 Å². The molecule has 0 atom stereocenters. The molecule has 0 aliphatic heterocycles. The molecule has 7 nitrogen and oxygen atoms in total. The second kappa shape index (κ2) is 7.51. The molecule has 1 aromatic carbocycles. The Kier molecular flexibility index (Phi) is 5.67. The van der Waals surface area contributed by atoms with E-state index in [-0.39, 0.29) is 36.2 Å². The van der Waals surface area contributed by atoms with Gasteiger partial charge in [0, 0.05) is 18.5 Å². The Hall–Kier alpha value is -2.00. The van der Waals surface area contributed by atoms with Crippen molar-refractivity contribution < 1.29 is 22.0 Å². The summed E-state index contributed by atoms with van der Waals surface area (Å²) in [6, 6.07) is 5.54. The number of amides is 1. The summed E-state index contributed by atoms with van der Waals surface area (Å²) in [4.78, 5) is 11.0. The maximum atomic E-state index is 13.5. The van der Waals surface area contributed by atoms with Crippen molar-refractivity contribution in [2.24, 2.45) is 0 Å². The van der Waals surface area contributed by atoms with Crippen LogP contribution < -0.4 is 5.32 Å². The fourth-order valence-electron chi connectivity index (χ4n) is 1.70. The molecule has 1 amide bonds. The van der Waals surface area contributed by atoms with Crippen molar-refractivity contribution in [3.8, 4) is 0 Å². The molecule has 0 saturated heterocycles. The third kappa shape index (κ3) is 4.73. The smallest absolute Gasteiger partial charge is 0.335 e. The first-order valence-electron chi connectivity index (χ1n) is 6.53.